The Morgan fingerprint density at radius 3 is 2.44 bits per heavy atom. The van der Waals surface area contributed by atoms with E-state index in [2.05, 4.69) is 26.8 Å². The third kappa shape index (κ3) is 1.15. The molecule has 0 radical (unpaired) electrons. The van der Waals surface area contributed by atoms with E-state index in [4.69, 9.17) is 4.74 Å². The Bertz CT molecular complexity index is 163. The van der Waals surface area contributed by atoms with Crippen LogP contribution in [0.1, 0.15) is 20.8 Å². The molecule has 0 fully saturated rings. The summed E-state index contributed by atoms with van der Waals surface area (Å²) < 4.78 is 5.33. The molecule has 0 aromatic heterocycles. The van der Waals surface area contributed by atoms with Gasteiger partial charge in [0.2, 0.25) is 0 Å². The minimum atomic E-state index is -0.0885. The minimum Gasteiger partial charge on any atom is -0.491 e. The lowest BCUT2D eigenvalue weighted by atomic mass is 9.98. The molecule has 50 valence electrons. The molecule has 0 atom stereocenters. The zero-order valence-corrected chi connectivity index (χ0v) is 6.14. The van der Waals surface area contributed by atoms with Crippen LogP contribution in [0.4, 0.5) is 0 Å². The maximum Gasteiger partial charge on any atom is 0.124 e. The number of hydrogen-bond donors (Lipinski definition) is 0. The van der Waals surface area contributed by atoms with E-state index in [1.807, 2.05) is 6.08 Å². The molecule has 0 saturated heterocycles. The van der Waals surface area contributed by atoms with Gasteiger partial charge in [-0.2, -0.15) is 0 Å². The SMILES string of the molecule is CC1=CC=COC1(C)C. The Balaban J connectivity index is 2.83. The molecule has 0 aromatic carbocycles. The van der Waals surface area contributed by atoms with E-state index >= 15 is 0 Å². The van der Waals surface area contributed by atoms with E-state index in [1.165, 1.54) is 5.57 Å². The number of ether oxygens (including phenoxy) is 1. The van der Waals surface area contributed by atoms with Crippen LogP contribution in [0.3, 0.4) is 0 Å². The number of rotatable bonds is 0. The van der Waals surface area contributed by atoms with Crippen LogP contribution in [0, 0.1) is 0 Å². The average molecular weight is 124 g/mol. The lowest BCUT2D eigenvalue weighted by Crippen LogP contribution is -2.24. The summed E-state index contributed by atoms with van der Waals surface area (Å²) in [6.07, 6.45) is 5.72. The van der Waals surface area contributed by atoms with Gasteiger partial charge in [0.1, 0.15) is 5.60 Å². The van der Waals surface area contributed by atoms with Gasteiger partial charge < -0.3 is 4.74 Å². The first-order chi connectivity index (χ1) is 4.13. The first-order valence-electron chi connectivity index (χ1n) is 3.15. The van der Waals surface area contributed by atoms with Gasteiger partial charge in [-0.3, -0.25) is 0 Å². The molecule has 1 heteroatoms. The monoisotopic (exact) mass is 124 g/mol. The summed E-state index contributed by atoms with van der Waals surface area (Å²) in [5.74, 6) is 0. The van der Waals surface area contributed by atoms with Crippen LogP contribution in [0.5, 0.6) is 0 Å². The second kappa shape index (κ2) is 1.90. The van der Waals surface area contributed by atoms with Crippen LogP contribution < -0.4 is 0 Å². The molecular weight excluding hydrogens is 112 g/mol. The molecule has 1 heterocycles. The molecule has 0 aromatic rings. The lowest BCUT2D eigenvalue weighted by Gasteiger charge is -2.27. The molecule has 1 aliphatic heterocycles. The molecule has 1 nitrogen and oxygen atoms in total. The summed E-state index contributed by atoms with van der Waals surface area (Å²) in [6.45, 7) is 6.19. The van der Waals surface area contributed by atoms with Crippen molar-refractivity contribution in [3.05, 3.63) is 24.0 Å². The molecule has 0 N–H and O–H groups in total. The van der Waals surface area contributed by atoms with Crippen molar-refractivity contribution >= 4 is 0 Å². The maximum absolute atomic E-state index is 5.33. The van der Waals surface area contributed by atoms with Crippen LogP contribution in [0.2, 0.25) is 0 Å². The summed E-state index contributed by atoms with van der Waals surface area (Å²) in [7, 11) is 0. The highest BCUT2D eigenvalue weighted by molar-refractivity contribution is 5.21. The quantitative estimate of drug-likeness (QED) is 0.481. The van der Waals surface area contributed by atoms with Gasteiger partial charge in [-0.15, -0.1) is 0 Å². The normalized spacial score (nSPS) is 22.8. The van der Waals surface area contributed by atoms with E-state index < -0.39 is 0 Å². The smallest absolute Gasteiger partial charge is 0.124 e. The summed E-state index contributed by atoms with van der Waals surface area (Å²) in [5, 5.41) is 0. The van der Waals surface area contributed by atoms with Gasteiger partial charge >= 0.3 is 0 Å². The van der Waals surface area contributed by atoms with E-state index in [1.54, 1.807) is 6.26 Å². The first-order valence-corrected chi connectivity index (χ1v) is 3.15. The van der Waals surface area contributed by atoms with Crippen LogP contribution >= 0.6 is 0 Å². The van der Waals surface area contributed by atoms with Crippen molar-refractivity contribution in [3.8, 4) is 0 Å². The highest BCUT2D eigenvalue weighted by Crippen LogP contribution is 2.23. The molecule has 0 saturated carbocycles. The van der Waals surface area contributed by atoms with E-state index in [-0.39, 0.29) is 5.60 Å². The Kier molecular flexibility index (Phi) is 1.35. The zero-order valence-electron chi connectivity index (χ0n) is 6.14. The molecule has 0 bridgehead atoms. The fourth-order valence-electron chi connectivity index (χ4n) is 0.687. The van der Waals surface area contributed by atoms with E-state index in [0.29, 0.717) is 0 Å². The second-order valence-electron chi connectivity index (χ2n) is 2.81. The van der Waals surface area contributed by atoms with E-state index in [9.17, 15) is 0 Å². The van der Waals surface area contributed by atoms with Crippen molar-refractivity contribution < 1.29 is 4.74 Å². The summed E-state index contributed by atoms with van der Waals surface area (Å²) in [4.78, 5) is 0. The van der Waals surface area contributed by atoms with E-state index in [0.717, 1.165) is 0 Å². The molecule has 0 unspecified atom stereocenters. The second-order valence-corrected chi connectivity index (χ2v) is 2.81. The lowest BCUT2D eigenvalue weighted by molar-refractivity contribution is 0.0895. The van der Waals surface area contributed by atoms with Crippen molar-refractivity contribution in [2.24, 2.45) is 0 Å². The van der Waals surface area contributed by atoms with Gasteiger partial charge in [-0.1, -0.05) is 6.08 Å². The topological polar surface area (TPSA) is 9.23 Å². The summed E-state index contributed by atoms with van der Waals surface area (Å²) in [6, 6.07) is 0. The predicted octanol–water partition coefficient (Wildman–Crippen LogP) is 2.26. The first kappa shape index (κ1) is 6.40. The summed E-state index contributed by atoms with van der Waals surface area (Å²) in [5.41, 5.74) is 1.18. The standard InChI is InChI=1S/C8H12O/c1-7-5-4-6-9-8(7,2)3/h4-6H,1-3H3. The maximum atomic E-state index is 5.33. The largest absolute Gasteiger partial charge is 0.491 e. The van der Waals surface area contributed by atoms with Gasteiger partial charge in [-0.05, 0) is 32.4 Å². The molecular formula is C8H12O. The van der Waals surface area contributed by atoms with Gasteiger partial charge in [-0.25, -0.2) is 0 Å². The Labute approximate surface area is 56.0 Å². The molecule has 1 aliphatic rings. The number of hydrogen-bond acceptors (Lipinski definition) is 1. The van der Waals surface area contributed by atoms with Crippen molar-refractivity contribution in [1.82, 2.24) is 0 Å². The van der Waals surface area contributed by atoms with Crippen LogP contribution in [0.25, 0.3) is 0 Å². The third-order valence-corrected chi connectivity index (χ3v) is 1.74. The van der Waals surface area contributed by atoms with Crippen LogP contribution in [-0.2, 0) is 4.74 Å². The summed E-state index contributed by atoms with van der Waals surface area (Å²) >= 11 is 0. The molecule has 0 spiro atoms. The van der Waals surface area contributed by atoms with Gasteiger partial charge in [0.15, 0.2) is 0 Å². The Morgan fingerprint density at radius 2 is 2.11 bits per heavy atom. The highest BCUT2D eigenvalue weighted by Gasteiger charge is 2.20. The van der Waals surface area contributed by atoms with Gasteiger partial charge in [0, 0.05) is 0 Å². The third-order valence-electron chi connectivity index (χ3n) is 1.74. The molecule has 9 heavy (non-hydrogen) atoms. The molecule has 1 rings (SSSR count). The Hall–Kier alpha value is -0.720. The fourth-order valence-corrected chi connectivity index (χ4v) is 0.687. The minimum absolute atomic E-state index is 0.0885. The average Bonchev–Trinajstić information content (AvgIpc) is 1.77. The van der Waals surface area contributed by atoms with Crippen molar-refractivity contribution in [2.75, 3.05) is 0 Å². The van der Waals surface area contributed by atoms with Crippen LogP contribution in [-0.4, -0.2) is 5.60 Å². The van der Waals surface area contributed by atoms with Crippen molar-refractivity contribution in [1.29, 1.82) is 0 Å². The van der Waals surface area contributed by atoms with Crippen LogP contribution in [0.15, 0.2) is 24.0 Å². The van der Waals surface area contributed by atoms with Crippen molar-refractivity contribution in [2.45, 2.75) is 26.4 Å². The predicted molar refractivity (Wildman–Crippen MR) is 38.1 cm³/mol. The molecule has 0 aliphatic carbocycles. The number of allylic oxidation sites excluding steroid dienone is 2. The Morgan fingerprint density at radius 1 is 1.44 bits per heavy atom. The zero-order chi connectivity index (χ0) is 6.91. The van der Waals surface area contributed by atoms with Gasteiger partial charge in [0.25, 0.3) is 0 Å². The van der Waals surface area contributed by atoms with Crippen molar-refractivity contribution in [3.63, 3.8) is 0 Å². The molecule has 0 amide bonds. The fraction of sp³-hybridized carbons (Fsp3) is 0.500. The highest BCUT2D eigenvalue weighted by atomic mass is 16.5. The van der Waals surface area contributed by atoms with Gasteiger partial charge in [0.05, 0.1) is 6.26 Å².